The first-order valence-electron chi connectivity index (χ1n) is 11.1. The molecule has 3 aromatic heterocycles. The third-order valence-electron chi connectivity index (χ3n) is 5.65. The van der Waals surface area contributed by atoms with Crippen LogP contribution < -0.4 is 19.8 Å². The Hall–Kier alpha value is -4.35. The number of pyridine rings is 2. The van der Waals surface area contributed by atoms with E-state index < -0.39 is 22.4 Å². The Kier molecular flexibility index (Phi) is 7.03. The molecule has 0 radical (unpaired) electrons. The van der Waals surface area contributed by atoms with Crippen molar-refractivity contribution in [3.05, 3.63) is 94.4 Å². The highest BCUT2D eigenvalue weighted by Gasteiger charge is 2.18. The standard InChI is InChI=1S/C26H19ClFN5O4S/c1-36-23-12-18(16-11-19(27)25(37-2)31-14-16)20(28)13-22(23)33-21-6-5-17(10-15(21)4-7-24(33)34)38(35)32-26-29-8-3-9-30-26/h3-14H,1-2H3,(H,29,30,32). The molecule has 0 aliphatic carbocycles. The summed E-state index contributed by atoms with van der Waals surface area (Å²) in [5.74, 6) is 0.0640. The van der Waals surface area contributed by atoms with Gasteiger partial charge in [-0.15, -0.1) is 0 Å². The molecule has 0 saturated heterocycles. The maximum atomic E-state index is 15.4. The molecule has 38 heavy (non-hydrogen) atoms. The molecule has 5 rings (SSSR count). The van der Waals surface area contributed by atoms with E-state index in [0.29, 0.717) is 21.4 Å². The van der Waals surface area contributed by atoms with Crippen molar-refractivity contribution in [2.45, 2.75) is 4.90 Å². The highest BCUT2D eigenvalue weighted by Crippen LogP contribution is 2.35. The van der Waals surface area contributed by atoms with Crippen LogP contribution in [-0.2, 0) is 11.0 Å². The van der Waals surface area contributed by atoms with E-state index in [9.17, 15) is 9.00 Å². The summed E-state index contributed by atoms with van der Waals surface area (Å²) in [5.41, 5.74) is 0.852. The molecule has 192 valence electrons. The Labute approximate surface area is 223 Å². The van der Waals surface area contributed by atoms with Crippen molar-refractivity contribution in [2.24, 2.45) is 0 Å². The number of halogens is 2. The quantitative estimate of drug-likeness (QED) is 0.310. The summed E-state index contributed by atoms with van der Waals surface area (Å²) in [5, 5.41) is 0.822. The van der Waals surface area contributed by atoms with E-state index in [-0.39, 0.29) is 33.9 Å². The fourth-order valence-corrected chi connectivity index (χ4v) is 4.96. The molecule has 5 aromatic rings. The normalized spacial score (nSPS) is 11.8. The van der Waals surface area contributed by atoms with Gasteiger partial charge < -0.3 is 9.47 Å². The van der Waals surface area contributed by atoms with E-state index in [0.717, 1.165) is 0 Å². The van der Waals surface area contributed by atoms with E-state index in [1.54, 1.807) is 30.3 Å². The largest absolute Gasteiger partial charge is 0.495 e. The van der Waals surface area contributed by atoms with Gasteiger partial charge in [-0.3, -0.25) is 14.1 Å². The maximum Gasteiger partial charge on any atom is 0.255 e. The van der Waals surface area contributed by atoms with Crippen molar-refractivity contribution >= 4 is 39.4 Å². The first kappa shape index (κ1) is 25.3. The van der Waals surface area contributed by atoms with Gasteiger partial charge in [0.2, 0.25) is 11.8 Å². The van der Waals surface area contributed by atoms with Gasteiger partial charge in [0.15, 0.2) is 11.0 Å². The summed E-state index contributed by atoms with van der Waals surface area (Å²) in [4.78, 5) is 25.6. The summed E-state index contributed by atoms with van der Waals surface area (Å²) < 4.78 is 42.9. The van der Waals surface area contributed by atoms with Crippen LogP contribution in [0, 0.1) is 5.82 Å². The Morgan fingerprint density at radius 1 is 1.00 bits per heavy atom. The van der Waals surface area contributed by atoms with Crippen molar-refractivity contribution in [1.29, 1.82) is 0 Å². The van der Waals surface area contributed by atoms with Crippen LogP contribution >= 0.6 is 11.6 Å². The third kappa shape index (κ3) is 4.81. The molecule has 0 spiro atoms. The number of hydrogen-bond donors (Lipinski definition) is 1. The molecule has 1 unspecified atom stereocenters. The molecule has 1 N–H and O–H groups in total. The second kappa shape index (κ2) is 10.6. The molecular formula is C26H19ClFN5O4S. The Bertz CT molecular complexity index is 1750. The lowest BCUT2D eigenvalue weighted by atomic mass is 10.1. The third-order valence-corrected chi connectivity index (χ3v) is 6.97. The second-order valence-electron chi connectivity index (χ2n) is 7.89. The van der Waals surface area contributed by atoms with Crippen LogP contribution in [0.15, 0.2) is 82.9 Å². The van der Waals surface area contributed by atoms with Crippen molar-refractivity contribution in [1.82, 2.24) is 19.5 Å². The van der Waals surface area contributed by atoms with Gasteiger partial charge in [-0.25, -0.2) is 23.6 Å². The molecule has 9 nitrogen and oxygen atoms in total. The van der Waals surface area contributed by atoms with Crippen LogP contribution in [0.25, 0.3) is 27.7 Å². The van der Waals surface area contributed by atoms with Crippen molar-refractivity contribution in [3.8, 4) is 28.4 Å². The van der Waals surface area contributed by atoms with Crippen LogP contribution in [0.3, 0.4) is 0 Å². The minimum atomic E-state index is -1.66. The fraction of sp³-hybridized carbons (Fsp3) is 0.0769. The van der Waals surface area contributed by atoms with Crippen molar-refractivity contribution in [2.75, 3.05) is 18.9 Å². The molecule has 0 saturated carbocycles. The molecule has 0 aliphatic heterocycles. The molecule has 0 aliphatic rings. The van der Waals surface area contributed by atoms with Crippen molar-refractivity contribution < 1.29 is 18.1 Å². The zero-order valence-electron chi connectivity index (χ0n) is 20.0. The zero-order valence-corrected chi connectivity index (χ0v) is 21.6. The number of nitrogens with one attached hydrogen (secondary N) is 1. The Morgan fingerprint density at radius 3 is 2.50 bits per heavy atom. The van der Waals surface area contributed by atoms with Crippen molar-refractivity contribution in [3.63, 3.8) is 0 Å². The lowest BCUT2D eigenvalue weighted by Crippen LogP contribution is -2.18. The number of methoxy groups -OCH3 is 2. The van der Waals surface area contributed by atoms with Crippen LogP contribution in [0.5, 0.6) is 11.6 Å². The summed E-state index contributed by atoms with van der Waals surface area (Å²) in [6.45, 7) is 0. The van der Waals surface area contributed by atoms with E-state index >= 15 is 4.39 Å². The van der Waals surface area contributed by atoms with Gasteiger partial charge in [0.1, 0.15) is 16.6 Å². The van der Waals surface area contributed by atoms with Crippen LogP contribution in [0.2, 0.25) is 5.02 Å². The number of benzene rings is 2. The van der Waals surface area contributed by atoms with Gasteiger partial charge in [0.05, 0.1) is 30.3 Å². The van der Waals surface area contributed by atoms with Gasteiger partial charge in [0, 0.05) is 47.2 Å². The average Bonchev–Trinajstić information content (AvgIpc) is 2.93. The average molecular weight is 552 g/mol. The monoisotopic (exact) mass is 551 g/mol. The summed E-state index contributed by atoms with van der Waals surface area (Å²) >= 11 is 6.18. The number of fused-ring (bicyclic) bond motifs is 1. The van der Waals surface area contributed by atoms with E-state index in [2.05, 4.69) is 19.7 Å². The Balaban J connectivity index is 1.59. The lowest BCUT2D eigenvalue weighted by molar-refractivity contribution is 0.398. The number of ether oxygens (including phenoxy) is 2. The molecule has 3 heterocycles. The van der Waals surface area contributed by atoms with E-state index in [1.807, 2.05) is 0 Å². The minimum absolute atomic E-state index is 0.183. The topological polar surface area (TPSA) is 108 Å². The van der Waals surface area contributed by atoms with E-state index in [1.165, 1.54) is 61.6 Å². The van der Waals surface area contributed by atoms with Crippen LogP contribution in [-0.4, -0.2) is 37.9 Å². The first-order valence-corrected chi connectivity index (χ1v) is 12.6. The molecular weight excluding hydrogens is 533 g/mol. The first-order chi connectivity index (χ1) is 18.4. The van der Waals surface area contributed by atoms with Crippen LogP contribution in [0.1, 0.15) is 0 Å². The smallest absolute Gasteiger partial charge is 0.255 e. The molecule has 0 bridgehead atoms. The maximum absolute atomic E-state index is 15.4. The second-order valence-corrected chi connectivity index (χ2v) is 9.51. The summed E-state index contributed by atoms with van der Waals surface area (Å²) in [6, 6.07) is 13.7. The van der Waals surface area contributed by atoms with Gasteiger partial charge in [-0.1, -0.05) is 11.6 Å². The molecule has 0 amide bonds. The fourth-order valence-electron chi connectivity index (χ4n) is 3.91. The molecule has 2 aromatic carbocycles. The van der Waals surface area contributed by atoms with Gasteiger partial charge in [-0.05, 0) is 42.5 Å². The number of aromatic nitrogens is 4. The predicted molar refractivity (Wildman–Crippen MR) is 143 cm³/mol. The number of nitrogens with zero attached hydrogens (tertiary/aromatic N) is 4. The SMILES string of the molecule is COc1cc(-c2cnc(OC)c(Cl)c2)c(F)cc1-n1c(=O)ccc2cc(S(=O)Nc3ncccn3)ccc21. The van der Waals surface area contributed by atoms with Crippen LogP contribution in [0.4, 0.5) is 10.3 Å². The number of anilines is 1. The highest BCUT2D eigenvalue weighted by atomic mass is 35.5. The predicted octanol–water partition coefficient (Wildman–Crippen LogP) is 4.79. The highest BCUT2D eigenvalue weighted by molar-refractivity contribution is 7.86. The lowest BCUT2D eigenvalue weighted by Gasteiger charge is -2.16. The van der Waals surface area contributed by atoms with Gasteiger partial charge in [-0.2, -0.15) is 0 Å². The van der Waals surface area contributed by atoms with Gasteiger partial charge >= 0.3 is 0 Å². The molecule has 1 atom stereocenters. The zero-order chi connectivity index (χ0) is 26.8. The summed E-state index contributed by atoms with van der Waals surface area (Å²) in [7, 11) is 1.20. The molecule has 12 heteroatoms. The molecule has 0 fully saturated rings. The van der Waals surface area contributed by atoms with Gasteiger partial charge in [0.25, 0.3) is 5.56 Å². The Morgan fingerprint density at radius 2 is 1.79 bits per heavy atom. The minimum Gasteiger partial charge on any atom is -0.495 e. The summed E-state index contributed by atoms with van der Waals surface area (Å²) in [6.07, 6.45) is 4.49. The number of rotatable bonds is 7. The van der Waals surface area contributed by atoms with E-state index in [4.69, 9.17) is 21.1 Å². The number of hydrogen-bond acceptors (Lipinski definition) is 7.